The molecule has 6 nitrogen and oxygen atoms in total. The molecule has 1 unspecified atom stereocenters. The Hall–Kier alpha value is -2.08. The number of nitrogens with one attached hydrogen (secondary N) is 1. The lowest BCUT2D eigenvalue weighted by Gasteiger charge is -2.19. The third kappa shape index (κ3) is 4.19. The monoisotopic (exact) mass is 290 g/mol. The van der Waals surface area contributed by atoms with E-state index in [0.29, 0.717) is 13.1 Å². The third-order valence-electron chi connectivity index (χ3n) is 3.26. The zero-order chi connectivity index (χ0) is 15.2. The van der Waals surface area contributed by atoms with Crippen molar-refractivity contribution in [3.63, 3.8) is 0 Å². The Labute approximate surface area is 124 Å². The van der Waals surface area contributed by atoms with Crippen LogP contribution in [0.4, 0.5) is 4.79 Å². The summed E-state index contributed by atoms with van der Waals surface area (Å²) in [5.41, 5.74) is 2.09. The van der Waals surface area contributed by atoms with Crippen molar-refractivity contribution in [1.29, 1.82) is 0 Å². The molecule has 0 spiro atoms. The standard InChI is InChI=1S/C15H22N4O2/c1-12(20)10-18(2)15(21)16-8-5-9-19-11-17-13-6-3-4-7-14(13)19/h3-4,6-7,11-12,20H,5,8-10H2,1-2H3,(H,16,21). The molecular formula is C15H22N4O2. The van der Waals surface area contributed by atoms with Gasteiger partial charge in [-0.15, -0.1) is 0 Å². The highest BCUT2D eigenvalue weighted by Crippen LogP contribution is 2.11. The fraction of sp³-hybridized carbons (Fsp3) is 0.467. The number of carbonyl (C=O) groups excluding carboxylic acids is 1. The van der Waals surface area contributed by atoms with E-state index in [0.717, 1.165) is 24.0 Å². The number of fused-ring (bicyclic) bond motifs is 1. The Morgan fingerprint density at radius 2 is 2.24 bits per heavy atom. The van der Waals surface area contributed by atoms with Crippen molar-refractivity contribution >= 4 is 17.1 Å². The largest absolute Gasteiger partial charge is 0.392 e. The molecule has 1 atom stereocenters. The number of carbonyl (C=O) groups is 1. The van der Waals surface area contributed by atoms with Crippen LogP contribution in [0.25, 0.3) is 11.0 Å². The van der Waals surface area contributed by atoms with Crippen LogP contribution < -0.4 is 5.32 Å². The summed E-state index contributed by atoms with van der Waals surface area (Å²) in [5.74, 6) is 0. The van der Waals surface area contributed by atoms with Gasteiger partial charge in [-0.3, -0.25) is 0 Å². The first-order valence-corrected chi connectivity index (χ1v) is 7.15. The fourth-order valence-electron chi connectivity index (χ4n) is 2.25. The predicted octanol–water partition coefficient (Wildman–Crippen LogP) is 1.45. The van der Waals surface area contributed by atoms with Gasteiger partial charge in [0.05, 0.1) is 23.5 Å². The Kier molecular flexibility index (Phi) is 5.16. The van der Waals surface area contributed by atoms with E-state index in [1.807, 2.05) is 30.6 Å². The van der Waals surface area contributed by atoms with Crippen LogP contribution in [0.1, 0.15) is 13.3 Å². The fourth-order valence-corrected chi connectivity index (χ4v) is 2.25. The second-order valence-corrected chi connectivity index (χ2v) is 5.24. The number of hydrogen-bond acceptors (Lipinski definition) is 3. The molecule has 114 valence electrons. The summed E-state index contributed by atoms with van der Waals surface area (Å²) in [6.45, 7) is 3.39. The number of aryl methyl sites for hydroxylation is 1. The van der Waals surface area contributed by atoms with Crippen LogP contribution in [0.3, 0.4) is 0 Å². The molecule has 2 N–H and O–H groups in total. The summed E-state index contributed by atoms with van der Waals surface area (Å²) in [6.07, 6.45) is 2.14. The molecule has 0 aliphatic heterocycles. The number of aromatic nitrogens is 2. The average molecular weight is 290 g/mol. The molecule has 0 saturated heterocycles. The lowest BCUT2D eigenvalue weighted by Crippen LogP contribution is -2.41. The molecule has 1 aromatic heterocycles. The number of para-hydroxylation sites is 2. The highest BCUT2D eigenvalue weighted by Gasteiger charge is 2.09. The summed E-state index contributed by atoms with van der Waals surface area (Å²) in [7, 11) is 1.67. The molecule has 2 amide bonds. The smallest absolute Gasteiger partial charge is 0.317 e. The number of imidazole rings is 1. The van der Waals surface area contributed by atoms with Crippen LogP contribution >= 0.6 is 0 Å². The van der Waals surface area contributed by atoms with Gasteiger partial charge in [0.15, 0.2) is 0 Å². The van der Waals surface area contributed by atoms with Crippen molar-refractivity contribution < 1.29 is 9.90 Å². The normalized spacial score (nSPS) is 12.3. The zero-order valence-electron chi connectivity index (χ0n) is 12.5. The Morgan fingerprint density at radius 1 is 1.48 bits per heavy atom. The Bertz CT molecular complexity index is 594. The zero-order valence-corrected chi connectivity index (χ0v) is 12.5. The van der Waals surface area contributed by atoms with Gasteiger partial charge < -0.3 is 19.9 Å². The molecule has 21 heavy (non-hydrogen) atoms. The number of likely N-dealkylation sites (N-methyl/N-ethyl adjacent to an activating group) is 1. The third-order valence-corrected chi connectivity index (χ3v) is 3.26. The minimum Gasteiger partial charge on any atom is -0.392 e. The van der Waals surface area contributed by atoms with Crippen molar-refractivity contribution in [2.45, 2.75) is 26.0 Å². The number of nitrogens with zero attached hydrogens (tertiary/aromatic N) is 3. The van der Waals surface area contributed by atoms with Crippen LogP contribution in [0.2, 0.25) is 0 Å². The van der Waals surface area contributed by atoms with E-state index in [1.165, 1.54) is 4.90 Å². The number of aliphatic hydroxyl groups excluding tert-OH is 1. The van der Waals surface area contributed by atoms with Gasteiger partial charge in [0.1, 0.15) is 0 Å². The Balaban J connectivity index is 1.76. The van der Waals surface area contributed by atoms with E-state index in [-0.39, 0.29) is 6.03 Å². The molecule has 0 fully saturated rings. The van der Waals surface area contributed by atoms with E-state index < -0.39 is 6.10 Å². The molecule has 1 aromatic carbocycles. The topological polar surface area (TPSA) is 70.4 Å². The van der Waals surface area contributed by atoms with Gasteiger partial charge in [0, 0.05) is 26.7 Å². The first-order valence-electron chi connectivity index (χ1n) is 7.15. The molecule has 2 aromatic rings. The highest BCUT2D eigenvalue weighted by molar-refractivity contribution is 5.75. The van der Waals surface area contributed by atoms with Crippen molar-refractivity contribution in [2.75, 3.05) is 20.1 Å². The first-order chi connectivity index (χ1) is 10.1. The maximum atomic E-state index is 11.7. The molecule has 6 heteroatoms. The quantitative estimate of drug-likeness (QED) is 0.791. The van der Waals surface area contributed by atoms with Crippen molar-refractivity contribution in [3.8, 4) is 0 Å². The second-order valence-electron chi connectivity index (χ2n) is 5.24. The van der Waals surface area contributed by atoms with Crippen molar-refractivity contribution in [3.05, 3.63) is 30.6 Å². The molecule has 0 bridgehead atoms. The molecule has 0 aliphatic carbocycles. The SMILES string of the molecule is CC(O)CN(C)C(=O)NCCCn1cnc2ccccc21. The number of benzene rings is 1. The van der Waals surface area contributed by atoms with E-state index >= 15 is 0 Å². The summed E-state index contributed by atoms with van der Waals surface area (Å²) < 4.78 is 2.08. The van der Waals surface area contributed by atoms with Gasteiger partial charge in [-0.25, -0.2) is 9.78 Å². The molecule has 0 radical (unpaired) electrons. The van der Waals surface area contributed by atoms with Crippen molar-refractivity contribution in [1.82, 2.24) is 19.8 Å². The summed E-state index contributed by atoms with van der Waals surface area (Å²) in [4.78, 5) is 17.6. The molecule has 0 aliphatic rings. The summed E-state index contributed by atoms with van der Waals surface area (Å²) >= 11 is 0. The van der Waals surface area contributed by atoms with Crippen LogP contribution in [-0.2, 0) is 6.54 Å². The summed E-state index contributed by atoms with van der Waals surface area (Å²) in [5, 5.41) is 12.1. The van der Waals surface area contributed by atoms with Gasteiger partial charge >= 0.3 is 6.03 Å². The molecule has 2 rings (SSSR count). The number of hydrogen-bond donors (Lipinski definition) is 2. The minimum atomic E-state index is -0.516. The van der Waals surface area contributed by atoms with E-state index in [9.17, 15) is 9.90 Å². The number of aliphatic hydroxyl groups is 1. The molecular weight excluding hydrogens is 268 g/mol. The lowest BCUT2D eigenvalue weighted by atomic mass is 10.3. The highest BCUT2D eigenvalue weighted by atomic mass is 16.3. The number of urea groups is 1. The lowest BCUT2D eigenvalue weighted by molar-refractivity contribution is 0.144. The number of rotatable bonds is 6. The van der Waals surface area contributed by atoms with Crippen LogP contribution in [0.5, 0.6) is 0 Å². The Morgan fingerprint density at radius 3 is 3.00 bits per heavy atom. The van der Waals surface area contributed by atoms with Crippen molar-refractivity contribution in [2.24, 2.45) is 0 Å². The predicted molar refractivity (Wildman–Crippen MR) is 82.1 cm³/mol. The molecule has 0 saturated carbocycles. The maximum Gasteiger partial charge on any atom is 0.317 e. The van der Waals surface area contributed by atoms with Gasteiger partial charge in [-0.1, -0.05) is 12.1 Å². The van der Waals surface area contributed by atoms with Crippen LogP contribution in [-0.4, -0.2) is 51.8 Å². The minimum absolute atomic E-state index is 0.161. The average Bonchev–Trinajstić information content (AvgIpc) is 2.86. The van der Waals surface area contributed by atoms with Gasteiger partial charge in [0.25, 0.3) is 0 Å². The van der Waals surface area contributed by atoms with E-state index in [1.54, 1.807) is 14.0 Å². The van der Waals surface area contributed by atoms with E-state index in [4.69, 9.17) is 0 Å². The van der Waals surface area contributed by atoms with E-state index in [2.05, 4.69) is 14.9 Å². The van der Waals surface area contributed by atoms with Gasteiger partial charge in [0.2, 0.25) is 0 Å². The molecule has 1 heterocycles. The van der Waals surface area contributed by atoms with Crippen LogP contribution in [0, 0.1) is 0 Å². The number of amides is 2. The van der Waals surface area contributed by atoms with Gasteiger partial charge in [-0.05, 0) is 25.5 Å². The summed E-state index contributed by atoms with van der Waals surface area (Å²) in [6, 6.07) is 7.83. The first kappa shape index (κ1) is 15.3. The van der Waals surface area contributed by atoms with Crippen LogP contribution in [0.15, 0.2) is 30.6 Å². The van der Waals surface area contributed by atoms with Gasteiger partial charge in [-0.2, -0.15) is 0 Å². The second kappa shape index (κ2) is 7.08. The maximum absolute atomic E-state index is 11.7.